The average Bonchev–Trinajstić information content (AvgIpc) is 2.44. The number of hydrogen-bond acceptors (Lipinski definition) is 3. The van der Waals surface area contributed by atoms with Crippen molar-refractivity contribution in [2.24, 2.45) is 0 Å². The minimum Gasteiger partial charge on any atom is -0.351 e. The highest BCUT2D eigenvalue weighted by molar-refractivity contribution is 6.31. The molecule has 0 aromatic heterocycles. The predicted molar refractivity (Wildman–Crippen MR) is 91.6 cm³/mol. The van der Waals surface area contributed by atoms with Crippen LogP contribution in [0.15, 0.2) is 24.3 Å². The molecule has 1 aliphatic heterocycles. The predicted octanol–water partition coefficient (Wildman–Crippen LogP) is 2.63. The highest BCUT2D eigenvalue weighted by Crippen LogP contribution is 2.28. The van der Waals surface area contributed by atoms with Gasteiger partial charge >= 0.3 is 6.03 Å². The number of nitrogens with one attached hydrogen (secondary N) is 2. The highest BCUT2D eigenvalue weighted by atomic mass is 35.5. The lowest BCUT2D eigenvalue weighted by atomic mass is 10.0. The molecule has 2 rings (SSSR count). The molecule has 0 radical (unpaired) electrons. The van der Waals surface area contributed by atoms with Crippen molar-refractivity contribution in [3.05, 3.63) is 34.9 Å². The van der Waals surface area contributed by atoms with Gasteiger partial charge in [-0.15, -0.1) is 0 Å². The fraction of sp³-hybridized carbons (Fsp3) is 0.471. The minimum atomic E-state index is -0.500. The van der Waals surface area contributed by atoms with E-state index in [9.17, 15) is 14.4 Å². The molecule has 1 aromatic carbocycles. The van der Waals surface area contributed by atoms with Gasteiger partial charge in [0.15, 0.2) is 0 Å². The Morgan fingerprint density at radius 2 is 2.00 bits per heavy atom. The second-order valence-corrected chi connectivity index (χ2v) is 7.23. The second kappa shape index (κ2) is 7.21. The molecule has 4 amide bonds. The Balaban J connectivity index is 1.97. The summed E-state index contributed by atoms with van der Waals surface area (Å²) in [4.78, 5) is 37.4. The third kappa shape index (κ3) is 4.71. The van der Waals surface area contributed by atoms with Gasteiger partial charge in [-0.2, -0.15) is 0 Å². The van der Waals surface area contributed by atoms with Crippen molar-refractivity contribution in [3.63, 3.8) is 0 Å². The summed E-state index contributed by atoms with van der Waals surface area (Å²) in [6, 6.07) is 6.15. The molecule has 1 aliphatic rings. The first-order chi connectivity index (χ1) is 11.2. The number of nitrogens with zero attached hydrogens (tertiary/aromatic N) is 1. The van der Waals surface area contributed by atoms with E-state index in [0.717, 1.165) is 4.90 Å². The molecule has 1 aromatic rings. The zero-order valence-electron chi connectivity index (χ0n) is 14.1. The van der Waals surface area contributed by atoms with Gasteiger partial charge in [0, 0.05) is 23.5 Å². The van der Waals surface area contributed by atoms with E-state index in [-0.39, 0.29) is 36.7 Å². The summed E-state index contributed by atoms with van der Waals surface area (Å²) in [5.74, 6) is -0.511. The summed E-state index contributed by atoms with van der Waals surface area (Å²) >= 11 is 6.12. The molecule has 1 unspecified atom stereocenters. The van der Waals surface area contributed by atoms with Crippen molar-refractivity contribution in [1.29, 1.82) is 0 Å². The summed E-state index contributed by atoms with van der Waals surface area (Å²) in [5, 5.41) is 6.09. The van der Waals surface area contributed by atoms with Crippen LogP contribution in [-0.2, 0) is 9.59 Å². The summed E-state index contributed by atoms with van der Waals surface area (Å²) in [7, 11) is 0. The molecule has 1 fully saturated rings. The van der Waals surface area contributed by atoms with Gasteiger partial charge in [0.2, 0.25) is 11.8 Å². The SMILES string of the molecule is CC(C)(C)NC(=O)CCN1C(=O)CC(c2ccccc2Cl)NC1=O. The van der Waals surface area contributed by atoms with Crippen LogP contribution < -0.4 is 10.6 Å². The summed E-state index contributed by atoms with van der Waals surface area (Å²) in [5.41, 5.74) is 0.367. The molecule has 0 saturated carbocycles. The number of urea groups is 1. The first-order valence-corrected chi connectivity index (χ1v) is 8.21. The van der Waals surface area contributed by atoms with E-state index in [1.165, 1.54) is 0 Å². The Kier molecular flexibility index (Phi) is 5.49. The van der Waals surface area contributed by atoms with Crippen LogP contribution in [0.2, 0.25) is 5.02 Å². The van der Waals surface area contributed by atoms with Gasteiger partial charge < -0.3 is 10.6 Å². The van der Waals surface area contributed by atoms with E-state index in [1.807, 2.05) is 20.8 Å². The van der Waals surface area contributed by atoms with Crippen LogP contribution in [0.1, 0.15) is 45.2 Å². The third-order valence-corrected chi connectivity index (χ3v) is 3.92. The first-order valence-electron chi connectivity index (χ1n) is 7.83. The zero-order valence-corrected chi connectivity index (χ0v) is 14.8. The molecule has 1 atom stereocenters. The molecule has 24 heavy (non-hydrogen) atoms. The lowest BCUT2D eigenvalue weighted by molar-refractivity contribution is -0.130. The Morgan fingerprint density at radius 3 is 2.58 bits per heavy atom. The smallest absolute Gasteiger partial charge is 0.324 e. The number of carbonyl (C=O) groups is 3. The topological polar surface area (TPSA) is 78.5 Å². The van der Waals surface area contributed by atoms with Crippen molar-refractivity contribution < 1.29 is 14.4 Å². The lowest BCUT2D eigenvalue weighted by Gasteiger charge is -2.32. The minimum absolute atomic E-state index is 0.0574. The number of rotatable bonds is 4. The van der Waals surface area contributed by atoms with Gasteiger partial charge in [0.05, 0.1) is 12.5 Å². The Labute approximate surface area is 146 Å². The number of imide groups is 1. The molecule has 0 bridgehead atoms. The van der Waals surface area contributed by atoms with Crippen LogP contribution in [0, 0.1) is 0 Å². The monoisotopic (exact) mass is 351 g/mol. The molecule has 1 heterocycles. The Hall–Kier alpha value is -2.08. The fourth-order valence-corrected chi connectivity index (χ4v) is 2.81. The van der Waals surface area contributed by atoms with Gasteiger partial charge in [-0.1, -0.05) is 29.8 Å². The lowest BCUT2D eigenvalue weighted by Crippen LogP contribution is -2.52. The number of amides is 4. The van der Waals surface area contributed by atoms with E-state index in [1.54, 1.807) is 24.3 Å². The summed E-state index contributed by atoms with van der Waals surface area (Å²) < 4.78 is 0. The Morgan fingerprint density at radius 1 is 1.33 bits per heavy atom. The largest absolute Gasteiger partial charge is 0.351 e. The van der Waals surface area contributed by atoms with Crippen molar-refractivity contribution in [1.82, 2.24) is 15.5 Å². The quantitative estimate of drug-likeness (QED) is 0.875. The first kappa shape index (κ1) is 18.3. The van der Waals surface area contributed by atoms with E-state index in [4.69, 9.17) is 11.6 Å². The number of carbonyl (C=O) groups excluding carboxylic acids is 3. The van der Waals surface area contributed by atoms with Crippen molar-refractivity contribution in [2.45, 2.75) is 45.2 Å². The van der Waals surface area contributed by atoms with Crippen LogP contribution in [-0.4, -0.2) is 34.8 Å². The molecule has 7 heteroatoms. The molecule has 6 nitrogen and oxygen atoms in total. The molecule has 0 spiro atoms. The van der Waals surface area contributed by atoms with E-state index in [0.29, 0.717) is 10.6 Å². The Bertz CT molecular complexity index is 637. The van der Waals surface area contributed by atoms with E-state index in [2.05, 4.69) is 10.6 Å². The van der Waals surface area contributed by atoms with Gasteiger partial charge in [-0.3, -0.25) is 14.5 Å². The van der Waals surface area contributed by atoms with Crippen molar-refractivity contribution in [3.8, 4) is 0 Å². The summed E-state index contributed by atoms with van der Waals surface area (Å²) in [6.45, 7) is 5.68. The maximum atomic E-state index is 12.3. The number of halogens is 1. The average molecular weight is 352 g/mol. The van der Waals surface area contributed by atoms with Crippen LogP contribution >= 0.6 is 11.6 Å². The van der Waals surface area contributed by atoms with Gasteiger partial charge in [0.25, 0.3) is 0 Å². The van der Waals surface area contributed by atoms with Crippen LogP contribution in [0.5, 0.6) is 0 Å². The molecule has 130 valence electrons. The standard InChI is InChI=1S/C17H22ClN3O3/c1-17(2,3)20-14(22)8-9-21-15(23)10-13(19-16(21)24)11-6-4-5-7-12(11)18/h4-7,13H,8-10H2,1-3H3,(H,19,24)(H,20,22). The zero-order chi connectivity index (χ0) is 17.9. The molecule has 1 saturated heterocycles. The maximum absolute atomic E-state index is 12.3. The van der Waals surface area contributed by atoms with Crippen LogP contribution in [0.4, 0.5) is 4.79 Å². The molecule has 2 N–H and O–H groups in total. The molecular weight excluding hydrogens is 330 g/mol. The van der Waals surface area contributed by atoms with Crippen molar-refractivity contribution in [2.75, 3.05) is 6.54 Å². The highest BCUT2D eigenvalue weighted by Gasteiger charge is 2.33. The third-order valence-electron chi connectivity index (χ3n) is 3.58. The molecule has 0 aliphatic carbocycles. The van der Waals surface area contributed by atoms with Gasteiger partial charge in [-0.05, 0) is 32.4 Å². The van der Waals surface area contributed by atoms with E-state index >= 15 is 0 Å². The fourth-order valence-electron chi connectivity index (χ4n) is 2.54. The maximum Gasteiger partial charge on any atom is 0.324 e. The number of hydrogen-bond donors (Lipinski definition) is 2. The normalized spacial score (nSPS) is 18.3. The van der Waals surface area contributed by atoms with Crippen LogP contribution in [0.3, 0.4) is 0 Å². The van der Waals surface area contributed by atoms with Crippen LogP contribution in [0.25, 0.3) is 0 Å². The van der Waals surface area contributed by atoms with Gasteiger partial charge in [-0.25, -0.2) is 4.79 Å². The molecular formula is C17H22ClN3O3. The summed E-state index contributed by atoms with van der Waals surface area (Å²) in [6.07, 6.45) is 0.198. The number of benzene rings is 1. The van der Waals surface area contributed by atoms with Gasteiger partial charge in [0.1, 0.15) is 0 Å². The van der Waals surface area contributed by atoms with Crippen molar-refractivity contribution >= 4 is 29.4 Å². The van der Waals surface area contributed by atoms with E-state index < -0.39 is 12.1 Å². The second-order valence-electron chi connectivity index (χ2n) is 6.82.